The van der Waals surface area contributed by atoms with Crippen LogP contribution < -0.4 is 9.47 Å². The van der Waals surface area contributed by atoms with Gasteiger partial charge in [0.2, 0.25) is 0 Å². The molecule has 0 unspecified atom stereocenters. The molecular formula is C19H17BrClN3O2. The zero-order chi connectivity index (χ0) is 18.0. The number of ether oxygens (including phenoxy) is 2. The van der Waals surface area contributed by atoms with E-state index in [9.17, 15) is 5.26 Å². The number of aryl methyl sites for hydroxylation is 1. The maximum Gasteiger partial charge on any atom is 0.161 e. The lowest BCUT2D eigenvalue weighted by Crippen LogP contribution is -1.92. The van der Waals surface area contributed by atoms with Gasteiger partial charge in [0, 0.05) is 4.47 Å². The van der Waals surface area contributed by atoms with Crippen LogP contribution in [-0.4, -0.2) is 24.2 Å². The molecule has 3 rings (SSSR count). The van der Waals surface area contributed by atoms with Crippen LogP contribution in [-0.2, 0) is 0 Å². The first-order valence-corrected chi connectivity index (χ1v) is 8.35. The molecule has 0 saturated carbocycles. The quantitative estimate of drug-likeness (QED) is 0.577. The van der Waals surface area contributed by atoms with E-state index >= 15 is 0 Å². The molecule has 0 aliphatic rings. The van der Waals surface area contributed by atoms with E-state index in [1.165, 1.54) is 0 Å². The average Bonchev–Trinajstić information content (AvgIpc) is 3.03. The fourth-order valence-electron chi connectivity index (χ4n) is 2.54. The number of aromatic nitrogens is 2. The number of rotatable bonds is 4. The molecule has 2 aromatic carbocycles. The van der Waals surface area contributed by atoms with Gasteiger partial charge in [-0.1, -0.05) is 22.0 Å². The van der Waals surface area contributed by atoms with Gasteiger partial charge >= 0.3 is 0 Å². The van der Waals surface area contributed by atoms with E-state index in [1.807, 2.05) is 37.3 Å². The van der Waals surface area contributed by atoms with Gasteiger partial charge in [-0.3, -0.25) is 0 Å². The molecule has 0 bridgehead atoms. The Kier molecular flexibility index (Phi) is 6.30. The van der Waals surface area contributed by atoms with Crippen LogP contribution in [0.5, 0.6) is 11.5 Å². The molecule has 0 radical (unpaired) electrons. The summed E-state index contributed by atoms with van der Waals surface area (Å²) >= 11 is 3.51. The highest BCUT2D eigenvalue weighted by atomic mass is 79.9. The van der Waals surface area contributed by atoms with Crippen molar-refractivity contribution in [1.29, 1.82) is 5.26 Å². The zero-order valence-corrected chi connectivity index (χ0v) is 16.9. The molecule has 0 aliphatic heterocycles. The van der Waals surface area contributed by atoms with Gasteiger partial charge < -0.3 is 14.5 Å². The van der Waals surface area contributed by atoms with Gasteiger partial charge in [-0.2, -0.15) is 5.26 Å². The Labute approximate surface area is 166 Å². The van der Waals surface area contributed by atoms with Crippen molar-refractivity contribution >= 4 is 51.0 Å². The van der Waals surface area contributed by atoms with Crippen molar-refractivity contribution in [3.05, 3.63) is 51.8 Å². The number of methoxy groups -OCH3 is 2. The SMILES string of the molecule is COc1cc(Br)c(/C=C(\C#N)c2nc3ccc(C)cc3[nH]2)cc1OC.Cl. The van der Waals surface area contributed by atoms with E-state index < -0.39 is 0 Å². The highest BCUT2D eigenvalue weighted by molar-refractivity contribution is 9.10. The van der Waals surface area contributed by atoms with Crippen LogP contribution in [0.25, 0.3) is 22.7 Å². The molecule has 0 saturated heterocycles. The van der Waals surface area contributed by atoms with Crippen molar-refractivity contribution in [1.82, 2.24) is 9.97 Å². The van der Waals surface area contributed by atoms with Crippen LogP contribution >= 0.6 is 28.3 Å². The summed E-state index contributed by atoms with van der Waals surface area (Å²) < 4.78 is 11.4. The highest BCUT2D eigenvalue weighted by Crippen LogP contribution is 2.35. The van der Waals surface area contributed by atoms with Crippen LogP contribution in [0.4, 0.5) is 0 Å². The number of nitrogens with zero attached hydrogens (tertiary/aromatic N) is 2. The van der Waals surface area contributed by atoms with Crippen molar-refractivity contribution in [3.8, 4) is 17.6 Å². The predicted molar refractivity (Wildman–Crippen MR) is 109 cm³/mol. The van der Waals surface area contributed by atoms with Gasteiger partial charge in [-0.25, -0.2) is 4.98 Å². The van der Waals surface area contributed by atoms with Crippen molar-refractivity contribution in [2.45, 2.75) is 6.92 Å². The second-order valence-corrected chi connectivity index (χ2v) is 6.36. The predicted octanol–water partition coefficient (Wildman–Crippen LogP) is 5.14. The van der Waals surface area contributed by atoms with Crippen LogP contribution in [0, 0.1) is 18.3 Å². The minimum absolute atomic E-state index is 0. The standard InChI is InChI=1S/C19H16BrN3O2.ClH/c1-11-4-5-15-16(6-11)23-19(22-15)13(10-21)7-12-8-17(24-2)18(25-3)9-14(12)20;/h4-9H,1-3H3,(H,22,23);1H/b13-7+;. The third kappa shape index (κ3) is 3.85. The molecule has 1 heterocycles. The number of hydrogen-bond donors (Lipinski definition) is 1. The van der Waals surface area contributed by atoms with Crippen molar-refractivity contribution in [2.24, 2.45) is 0 Å². The van der Waals surface area contributed by atoms with Crippen LogP contribution in [0.1, 0.15) is 17.0 Å². The molecular weight excluding hydrogens is 418 g/mol. The monoisotopic (exact) mass is 433 g/mol. The molecule has 134 valence electrons. The van der Waals surface area contributed by atoms with Gasteiger partial charge in [0.1, 0.15) is 11.9 Å². The third-order valence-electron chi connectivity index (χ3n) is 3.82. The van der Waals surface area contributed by atoms with Crippen LogP contribution in [0.15, 0.2) is 34.8 Å². The Hall–Kier alpha value is -2.49. The minimum atomic E-state index is 0. The van der Waals surface area contributed by atoms with E-state index in [0.29, 0.717) is 22.9 Å². The summed E-state index contributed by atoms with van der Waals surface area (Å²) in [4.78, 5) is 7.71. The Morgan fingerprint density at radius 2 is 1.88 bits per heavy atom. The Balaban J connectivity index is 0.00000243. The lowest BCUT2D eigenvalue weighted by Gasteiger charge is -2.10. The maximum absolute atomic E-state index is 9.59. The van der Waals surface area contributed by atoms with Crippen molar-refractivity contribution in [2.75, 3.05) is 14.2 Å². The molecule has 0 fully saturated rings. The van der Waals surface area contributed by atoms with Crippen molar-refractivity contribution < 1.29 is 9.47 Å². The number of imidazole rings is 1. The van der Waals surface area contributed by atoms with E-state index in [0.717, 1.165) is 26.6 Å². The molecule has 3 aromatic rings. The molecule has 1 aromatic heterocycles. The first-order chi connectivity index (χ1) is 12.0. The lowest BCUT2D eigenvalue weighted by atomic mass is 10.1. The topological polar surface area (TPSA) is 70.9 Å². The van der Waals surface area contributed by atoms with Gasteiger partial charge in [0.25, 0.3) is 0 Å². The summed E-state index contributed by atoms with van der Waals surface area (Å²) in [7, 11) is 3.16. The second-order valence-electron chi connectivity index (χ2n) is 5.50. The molecule has 1 N–H and O–H groups in total. The van der Waals surface area contributed by atoms with Gasteiger partial charge in [0.15, 0.2) is 11.5 Å². The number of H-pyrrole nitrogens is 1. The number of fused-ring (bicyclic) bond motifs is 1. The number of hydrogen-bond acceptors (Lipinski definition) is 4. The van der Waals surface area contributed by atoms with Gasteiger partial charge in [0.05, 0.1) is 30.8 Å². The molecule has 26 heavy (non-hydrogen) atoms. The van der Waals surface area contributed by atoms with E-state index in [1.54, 1.807) is 20.3 Å². The lowest BCUT2D eigenvalue weighted by molar-refractivity contribution is 0.354. The largest absolute Gasteiger partial charge is 0.493 e. The molecule has 0 atom stereocenters. The zero-order valence-electron chi connectivity index (χ0n) is 14.5. The molecule has 0 amide bonds. The summed E-state index contributed by atoms with van der Waals surface area (Å²) in [5.41, 5.74) is 4.09. The summed E-state index contributed by atoms with van der Waals surface area (Å²) in [5, 5.41) is 9.59. The molecule has 0 spiro atoms. The second kappa shape index (κ2) is 8.26. The minimum Gasteiger partial charge on any atom is -0.493 e. The first-order valence-electron chi connectivity index (χ1n) is 7.55. The number of aromatic amines is 1. The summed E-state index contributed by atoms with van der Waals surface area (Å²) in [6.07, 6.45) is 1.76. The summed E-state index contributed by atoms with van der Waals surface area (Å²) in [6.45, 7) is 2.02. The third-order valence-corrected chi connectivity index (χ3v) is 4.50. The first kappa shape index (κ1) is 19.8. The fourth-order valence-corrected chi connectivity index (χ4v) is 2.98. The number of halogens is 2. The Morgan fingerprint density at radius 1 is 1.19 bits per heavy atom. The van der Waals surface area contributed by atoms with Crippen molar-refractivity contribution in [3.63, 3.8) is 0 Å². The summed E-state index contributed by atoms with van der Waals surface area (Å²) in [5.74, 6) is 1.74. The van der Waals surface area contributed by atoms with E-state index in [4.69, 9.17) is 9.47 Å². The Morgan fingerprint density at radius 3 is 2.54 bits per heavy atom. The maximum atomic E-state index is 9.59. The summed E-state index contributed by atoms with van der Waals surface area (Å²) in [6, 6.07) is 11.8. The smallest absolute Gasteiger partial charge is 0.161 e. The molecule has 0 aliphatic carbocycles. The average molecular weight is 435 g/mol. The number of benzene rings is 2. The van der Waals surface area contributed by atoms with Gasteiger partial charge in [-0.05, 0) is 48.4 Å². The number of nitrogens with one attached hydrogen (secondary N) is 1. The van der Waals surface area contributed by atoms with Gasteiger partial charge in [-0.15, -0.1) is 12.4 Å². The van der Waals surface area contributed by atoms with Crippen LogP contribution in [0.3, 0.4) is 0 Å². The van der Waals surface area contributed by atoms with E-state index in [2.05, 4.69) is 32.0 Å². The number of allylic oxidation sites excluding steroid dienone is 1. The Bertz CT molecular complexity index is 1020. The number of nitriles is 1. The molecule has 7 heteroatoms. The normalized spacial score (nSPS) is 11.0. The fraction of sp³-hybridized carbons (Fsp3) is 0.158. The molecule has 5 nitrogen and oxygen atoms in total. The highest BCUT2D eigenvalue weighted by Gasteiger charge is 2.12. The van der Waals surface area contributed by atoms with E-state index in [-0.39, 0.29) is 12.4 Å². The van der Waals surface area contributed by atoms with Crippen LogP contribution in [0.2, 0.25) is 0 Å².